The molecule has 3 aromatic rings. The highest BCUT2D eigenvalue weighted by Gasteiger charge is 2.32. The first-order valence-corrected chi connectivity index (χ1v) is 8.01. The fraction of sp³-hybridized carbons (Fsp3) is 0.0455. The summed E-state index contributed by atoms with van der Waals surface area (Å²) in [5.74, 6) is 0.0166. The zero-order valence-corrected chi connectivity index (χ0v) is 13.4. The molecule has 0 aromatic heterocycles. The summed E-state index contributed by atoms with van der Waals surface area (Å²) >= 11 is 0. The van der Waals surface area contributed by atoms with Gasteiger partial charge in [0.15, 0.2) is 0 Å². The number of anilines is 2. The molecule has 0 atom stereocenters. The second kappa shape index (κ2) is 5.82. The summed E-state index contributed by atoms with van der Waals surface area (Å²) in [7, 11) is 0. The van der Waals surface area contributed by atoms with Crippen molar-refractivity contribution in [2.45, 2.75) is 6.92 Å². The number of amides is 1. The minimum Gasteiger partial charge on any atom is -0.276 e. The van der Waals surface area contributed by atoms with Gasteiger partial charge < -0.3 is 0 Å². The van der Waals surface area contributed by atoms with E-state index in [2.05, 4.69) is 19.1 Å². The van der Waals surface area contributed by atoms with Crippen molar-refractivity contribution in [3.8, 4) is 0 Å². The minimum absolute atomic E-state index is 0.0166. The average molecular weight is 311 g/mol. The fourth-order valence-electron chi connectivity index (χ4n) is 3.04. The van der Waals surface area contributed by atoms with Gasteiger partial charge in [-0.05, 0) is 36.8 Å². The van der Waals surface area contributed by atoms with Crippen LogP contribution in [0.3, 0.4) is 0 Å². The SMILES string of the molecule is Cc1ccc(/C=C2/C(=O)N(c3ccccc3)c3ccccc32)cc1. The molecule has 1 amide bonds. The number of para-hydroxylation sites is 2. The van der Waals surface area contributed by atoms with Crippen LogP contribution in [0.25, 0.3) is 11.6 Å². The highest BCUT2D eigenvalue weighted by Crippen LogP contribution is 2.41. The zero-order valence-electron chi connectivity index (χ0n) is 13.4. The Morgan fingerprint density at radius 1 is 0.792 bits per heavy atom. The van der Waals surface area contributed by atoms with E-state index in [1.807, 2.05) is 72.8 Å². The van der Waals surface area contributed by atoms with Crippen molar-refractivity contribution in [2.75, 3.05) is 4.90 Å². The van der Waals surface area contributed by atoms with Crippen molar-refractivity contribution in [3.63, 3.8) is 0 Å². The molecular formula is C22H17NO. The maximum Gasteiger partial charge on any atom is 0.263 e. The standard InChI is InChI=1S/C22H17NO/c1-16-11-13-17(14-12-16)15-20-19-9-5-6-10-21(19)23(22(20)24)18-7-3-2-4-8-18/h2-15H,1H3/b20-15+. The molecule has 0 saturated carbocycles. The van der Waals surface area contributed by atoms with E-state index in [1.165, 1.54) is 5.56 Å². The summed E-state index contributed by atoms with van der Waals surface area (Å²) in [6.07, 6.45) is 1.98. The van der Waals surface area contributed by atoms with Crippen LogP contribution in [0.15, 0.2) is 78.9 Å². The summed E-state index contributed by atoms with van der Waals surface area (Å²) in [6.45, 7) is 2.06. The Hall–Kier alpha value is -3.13. The van der Waals surface area contributed by atoms with Crippen molar-refractivity contribution in [1.82, 2.24) is 0 Å². The molecule has 0 radical (unpaired) electrons. The lowest BCUT2D eigenvalue weighted by molar-refractivity contribution is -0.112. The molecule has 24 heavy (non-hydrogen) atoms. The lowest BCUT2D eigenvalue weighted by atomic mass is 10.0. The molecule has 0 aliphatic carbocycles. The number of nitrogens with zero attached hydrogens (tertiary/aromatic N) is 1. The van der Waals surface area contributed by atoms with Crippen molar-refractivity contribution < 1.29 is 4.79 Å². The number of carbonyl (C=O) groups is 1. The van der Waals surface area contributed by atoms with Crippen LogP contribution < -0.4 is 4.90 Å². The van der Waals surface area contributed by atoms with Gasteiger partial charge in [0.05, 0.1) is 11.3 Å². The van der Waals surface area contributed by atoms with Gasteiger partial charge in [0.2, 0.25) is 0 Å². The second-order valence-corrected chi connectivity index (χ2v) is 5.96. The van der Waals surface area contributed by atoms with Crippen LogP contribution in [0.5, 0.6) is 0 Å². The molecule has 1 aliphatic heterocycles. The first kappa shape index (κ1) is 14.5. The predicted octanol–water partition coefficient (Wildman–Crippen LogP) is 5.21. The third-order valence-electron chi connectivity index (χ3n) is 4.27. The first-order chi connectivity index (χ1) is 11.7. The number of benzene rings is 3. The number of carbonyl (C=O) groups excluding carboxylic acids is 1. The Balaban J connectivity index is 1.85. The van der Waals surface area contributed by atoms with Gasteiger partial charge in [0.1, 0.15) is 0 Å². The van der Waals surface area contributed by atoms with Crippen LogP contribution in [0.2, 0.25) is 0 Å². The molecule has 116 valence electrons. The number of hydrogen-bond acceptors (Lipinski definition) is 1. The van der Waals surface area contributed by atoms with Crippen molar-refractivity contribution >= 4 is 28.9 Å². The van der Waals surface area contributed by atoms with E-state index < -0.39 is 0 Å². The molecule has 2 heteroatoms. The van der Waals surface area contributed by atoms with Crippen LogP contribution in [0, 0.1) is 6.92 Å². The molecular weight excluding hydrogens is 294 g/mol. The average Bonchev–Trinajstić information content (AvgIpc) is 2.90. The summed E-state index contributed by atoms with van der Waals surface area (Å²) < 4.78 is 0. The number of fused-ring (bicyclic) bond motifs is 1. The smallest absolute Gasteiger partial charge is 0.263 e. The van der Waals surface area contributed by atoms with Gasteiger partial charge in [-0.25, -0.2) is 0 Å². The first-order valence-electron chi connectivity index (χ1n) is 8.01. The zero-order chi connectivity index (χ0) is 16.5. The molecule has 0 bridgehead atoms. The third-order valence-corrected chi connectivity index (χ3v) is 4.27. The largest absolute Gasteiger partial charge is 0.276 e. The summed E-state index contributed by atoms with van der Waals surface area (Å²) in [5.41, 5.74) is 5.79. The molecule has 0 N–H and O–H groups in total. The minimum atomic E-state index is 0.0166. The predicted molar refractivity (Wildman–Crippen MR) is 99.1 cm³/mol. The van der Waals surface area contributed by atoms with E-state index in [9.17, 15) is 4.79 Å². The van der Waals surface area contributed by atoms with Crippen molar-refractivity contribution in [1.29, 1.82) is 0 Å². The molecule has 4 rings (SSSR count). The Bertz CT molecular complexity index is 924. The molecule has 0 unspecified atom stereocenters. The fourth-order valence-corrected chi connectivity index (χ4v) is 3.04. The maximum atomic E-state index is 13.1. The topological polar surface area (TPSA) is 20.3 Å². The lowest BCUT2D eigenvalue weighted by Gasteiger charge is -2.16. The van der Waals surface area contributed by atoms with Gasteiger partial charge in [-0.1, -0.05) is 66.2 Å². The quantitative estimate of drug-likeness (QED) is 0.595. The summed E-state index contributed by atoms with van der Waals surface area (Å²) in [6, 6.07) is 25.9. The van der Waals surface area contributed by atoms with E-state index in [-0.39, 0.29) is 5.91 Å². The number of rotatable bonds is 2. The van der Waals surface area contributed by atoms with Crippen molar-refractivity contribution in [2.24, 2.45) is 0 Å². The molecule has 0 spiro atoms. The second-order valence-electron chi connectivity index (χ2n) is 5.96. The third kappa shape index (κ3) is 2.42. The number of aryl methyl sites for hydroxylation is 1. The lowest BCUT2D eigenvalue weighted by Crippen LogP contribution is -2.20. The van der Waals surface area contributed by atoms with Crippen LogP contribution >= 0.6 is 0 Å². The van der Waals surface area contributed by atoms with E-state index in [0.717, 1.165) is 28.1 Å². The highest BCUT2D eigenvalue weighted by atomic mass is 16.2. The Kier molecular flexibility index (Phi) is 3.51. The van der Waals surface area contributed by atoms with E-state index in [1.54, 1.807) is 4.90 Å². The van der Waals surface area contributed by atoms with Crippen LogP contribution in [0.1, 0.15) is 16.7 Å². The number of hydrogen-bond donors (Lipinski definition) is 0. The summed E-state index contributed by atoms with van der Waals surface area (Å²) in [5, 5.41) is 0. The normalized spacial score (nSPS) is 15.0. The van der Waals surface area contributed by atoms with E-state index >= 15 is 0 Å². The molecule has 0 fully saturated rings. The van der Waals surface area contributed by atoms with Crippen LogP contribution in [0.4, 0.5) is 11.4 Å². The molecule has 0 saturated heterocycles. The van der Waals surface area contributed by atoms with E-state index in [0.29, 0.717) is 0 Å². The molecule has 2 nitrogen and oxygen atoms in total. The van der Waals surface area contributed by atoms with E-state index in [4.69, 9.17) is 0 Å². The van der Waals surface area contributed by atoms with Gasteiger partial charge in [-0.15, -0.1) is 0 Å². The van der Waals surface area contributed by atoms with Crippen LogP contribution in [-0.2, 0) is 4.79 Å². The highest BCUT2D eigenvalue weighted by molar-refractivity contribution is 6.37. The van der Waals surface area contributed by atoms with Crippen LogP contribution in [-0.4, -0.2) is 5.91 Å². The van der Waals surface area contributed by atoms with Gasteiger partial charge in [0, 0.05) is 11.3 Å². The molecule has 1 aliphatic rings. The summed E-state index contributed by atoms with van der Waals surface area (Å²) in [4.78, 5) is 14.9. The van der Waals surface area contributed by atoms with Gasteiger partial charge in [0.25, 0.3) is 5.91 Å². The van der Waals surface area contributed by atoms with Gasteiger partial charge in [-0.3, -0.25) is 9.69 Å². The Morgan fingerprint density at radius 2 is 1.46 bits per heavy atom. The van der Waals surface area contributed by atoms with Gasteiger partial charge >= 0.3 is 0 Å². The monoisotopic (exact) mass is 311 g/mol. The Morgan fingerprint density at radius 3 is 2.21 bits per heavy atom. The Labute approximate surface area is 141 Å². The maximum absolute atomic E-state index is 13.1. The van der Waals surface area contributed by atoms with Crippen molar-refractivity contribution in [3.05, 3.63) is 95.6 Å². The van der Waals surface area contributed by atoms with Gasteiger partial charge in [-0.2, -0.15) is 0 Å². The molecule has 1 heterocycles. The molecule has 3 aromatic carbocycles.